The Labute approximate surface area is 152 Å². The molecule has 2 nitrogen and oxygen atoms in total. The van der Waals surface area contributed by atoms with Crippen molar-refractivity contribution < 1.29 is 4.79 Å². The number of hydrogen-bond acceptors (Lipinski definition) is 2. The van der Waals surface area contributed by atoms with Gasteiger partial charge in [-0.15, -0.1) is 0 Å². The van der Waals surface area contributed by atoms with Crippen LogP contribution in [-0.4, -0.2) is 10.8 Å². The van der Waals surface area contributed by atoms with Crippen LogP contribution in [0.2, 0.25) is 0 Å². The summed E-state index contributed by atoms with van der Waals surface area (Å²) in [5.74, 6) is -0.0388. The average Bonchev–Trinajstić information content (AvgIpc) is 2.74. The van der Waals surface area contributed by atoms with Gasteiger partial charge in [0.05, 0.1) is 6.20 Å². The lowest BCUT2D eigenvalue weighted by Gasteiger charge is -2.14. The molecule has 4 rings (SSSR count). The molecule has 0 saturated carbocycles. The summed E-state index contributed by atoms with van der Waals surface area (Å²) in [5.41, 5.74) is 4.89. The van der Waals surface area contributed by atoms with E-state index in [1.54, 1.807) is 6.20 Å². The first kappa shape index (κ1) is 16.0. The fourth-order valence-corrected chi connectivity index (χ4v) is 3.05. The van der Waals surface area contributed by atoms with Gasteiger partial charge in [-0.1, -0.05) is 91.0 Å². The van der Waals surface area contributed by atoms with Crippen LogP contribution in [0.5, 0.6) is 0 Å². The van der Waals surface area contributed by atoms with Crippen LogP contribution in [0.4, 0.5) is 0 Å². The lowest BCUT2D eigenvalue weighted by atomic mass is 9.89. The van der Waals surface area contributed by atoms with E-state index in [1.165, 1.54) is 0 Å². The van der Waals surface area contributed by atoms with E-state index >= 15 is 0 Å². The first-order valence-corrected chi connectivity index (χ1v) is 8.46. The van der Waals surface area contributed by atoms with Crippen molar-refractivity contribution in [3.05, 3.63) is 115 Å². The predicted octanol–water partition coefficient (Wildman–Crippen LogP) is 5.45. The van der Waals surface area contributed by atoms with Crippen LogP contribution < -0.4 is 0 Å². The standard InChI is InChI=1S/C24H16NO/c26-24(20-14-8-3-9-15-20)22-17-25-16-21(18-10-4-1-5-11-18)23(22)19-12-6-2-7-13-19/h1-15,17H. The Bertz CT molecular complexity index is 1030. The molecular weight excluding hydrogens is 318 g/mol. The summed E-state index contributed by atoms with van der Waals surface area (Å²) in [4.78, 5) is 17.4. The monoisotopic (exact) mass is 334 g/mol. The third kappa shape index (κ3) is 3.05. The maximum atomic E-state index is 13.2. The van der Waals surface area contributed by atoms with Gasteiger partial charge in [-0.25, -0.2) is 0 Å². The fraction of sp³-hybridized carbons (Fsp3) is 0. The Kier molecular flexibility index (Phi) is 4.40. The van der Waals surface area contributed by atoms with Crippen LogP contribution in [0.15, 0.2) is 97.2 Å². The molecule has 0 fully saturated rings. The summed E-state index contributed by atoms with van der Waals surface area (Å²) >= 11 is 0. The van der Waals surface area contributed by atoms with Gasteiger partial charge in [0.25, 0.3) is 0 Å². The van der Waals surface area contributed by atoms with Crippen molar-refractivity contribution in [3.63, 3.8) is 0 Å². The van der Waals surface area contributed by atoms with Crippen LogP contribution in [-0.2, 0) is 0 Å². The molecule has 0 N–H and O–H groups in total. The molecule has 0 bridgehead atoms. The highest BCUT2D eigenvalue weighted by atomic mass is 16.1. The lowest BCUT2D eigenvalue weighted by Crippen LogP contribution is -2.05. The van der Waals surface area contributed by atoms with Crippen LogP contribution >= 0.6 is 0 Å². The summed E-state index contributed by atoms with van der Waals surface area (Å²) < 4.78 is 0. The highest BCUT2D eigenvalue weighted by Gasteiger charge is 2.19. The Balaban J connectivity index is 1.97. The molecule has 0 spiro atoms. The van der Waals surface area contributed by atoms with Gasteiger partial charge in [-0.3, -0.25) is 9.78 Å². The number of benzene rings is 3. The maximum Gasteiger partial charge on any atom is 0.195 e. The van der Waals surface area contributed by atoms with E-state index in [1.807, 2.05) is 91.0 Å². The Morgan fingerprint density at radius 3 is 1.85 bits per heavy atom. The first-order chi connectivity index (χ1) is 12.8. The second kappa shape index (κ2) is 7.16. The number of rotatable bonds is 4. The number of ketones is 1. The molecule has 0 aliphatic carbocycles. The van der Waals surface area contributed by atoms with Crippen molar-refractivity contribution >= 4 is 5.78 Å². The zero-order valence-corrected chi connectivity index (χ0v) is 14.1. The van der Waals surface area contributed by atoms with Gasteiger partial charge in [0.2, 0.25) is 0 Å². The molecule has 3 aromatic carbocycles. The molecule has 0 aliphatic rings. The summed E-state index contributed by atoms with van der Waals surface area (Å²) in [6.07, 6.45) is 4.71. The van der Waals surface area contributed by atoms with E-state index < -0.39 is 0 Å². The van der Waals surface area contributed by atoms with E-state index in [2.05, 4.69) is 11.2 Å². The van der Waals surface area contributed by atoms with Crippen molar-refractivity contribution in [2.45, 2.75) is 0 Å². The third-order valence-corrected chi connectivity index (χ3v) is 4.29. The molecule has 123 valence electrons. The van der Waals surface area contributed by atoms with Gasteiger partial charge in [-0.05, 0) is 11.1 Å². The van der Waals surface area contributed by atoms with Crippen molar-refractivity contribution in [1.82, 2.24) is 4.98 Å². The molecule has 1 aromatic heterocycles. The molecule has 26 heavy (non-hydrogen) atoms. The van der Waals surface area contributed by atoms with E-state index in [0.717, 1.165) is 22.3 Å². The highest BCUT2D eigenvalue weighted by Crippen LogP contribution is 2.34. The van der Waals surface area contributed by atoms with Gasteiger partial charge >= 0.3 is 0 Å². The van der Waals surface area contributed by atoms with Gasteiger partial charge in [0, 0.05) is 28.5 Å². The lowest BCUT2D eigenvalue weighted by molar-refractivity contribution is 0.103. The Morgan fingerprint density at radius 1 is 0.692 bits per heavy atom. The van der Waals surface area contributed by atoms with Crippen LogP contribution in [0.25, 0.3) is 22.3 Å². The number of carbonyl (C=O) groups is 1. The number of aromatic nitrogens is 1. The van der Waals surface area contributed by atoms with Gasteiger partial charge in [0.1, 0.15) is 0 Å². The SMILES string of the molecule is O=C(c1ccccc1)c1cn[c]c(-c2ccccc2)c1-c1ccccc1. The van der Waals surface area contributed by atoms with Crippen molar-refractivity contribution in [2.24, 2.45) is 0 Å². The van der Waals surface area contributed by atoms with Gasteiger partial charge in [0.15, 0.2) is 5.78 Å². The van der Waals surface area contributed by atoms with Crippen molar-refractivity contribution in [1.29, 1.82) is 0 Å². The van der Waals surface area contributed by atoms with E-state index in [-0.39, 0.29) is 5.78 Å². The summed E-state index contributed by atoms with van der Waals surface area (Å²) in [5, 5.41) is 0. The van der Waals surface area contributed by atoms with Crippen LogP contribution in [0, 0.1) is 6.20 Å². The van der Waals surface area contributed by atoms with Gasteiger partial charge in [-0.2, -0.15) is 0 Å². The number of carbonyl (C=O) groups excluding carboxylic acids is 1. The second-order valence-corrected chi connectivity index (χ2v) is 5.96. The molecule has 0 aliphatic heterocycles. The van der Waals surface area contributed by atoms with Crippen LogP contribution in [0.3, 0.4) is 0 Å². The zero-order chi connectivity index (χ0) is 17.8. The van der Waals surface area contributed by atoms with E-state index in [0.29, 0.717) is 11.1 Å². The molecule has 4 aromatic rings. The highest BCUT2D eigenvalue weighted by molar-refractivity contribution is 6.14. The molecule has 0 unspecified atom stereocenters. The minimum atomic E-state index is -0.0388. The smallest absolute Gasteiger partial charge is 0.195 e. The largest absolute Gasteiger partial charge is 0.289 e. The molecule has 0 atom stereocenters. The minimum absolute atomic E-state index is 0.0388. The zero-order valence-electron chi connectivity index (χ0n) is 14.1. The second-order valence-electron chi connectivity index (χ2n) is 5.96. The van der Waals surface area contributed by atoms with Gasteiger partial charge < -0.3 is 0 Å². The third-order valence-electron chi connectivity index (χ3n) is 4.29. The molecule has 0 amide bonds. The summed E-state index contributed by atoms with van der Waals surface area (Å²) in [6, 6.07) is 29.2. The van der Waals surface area contributed by atoms with Crippen LogP contribution in [0.1, 0.15) is 15.9 Å². The van der Waals surface area contributed by atoms with Crippen molar-refractivity contribution in [2.75, 3.05) is 0 Å². The number of nitrogens with zero attached hydrogens (tertiary/aromatic N) is 1. The number of hydrogen-bond donors (Lipinski definition) is 0. The summed E-state index contributed by atoms with van der Waals surface area (Å²) in [6.45, 7) is 0. The Morgan fingerprint density at radius 2 is 1.23 bits per heavy atom. The Hall–Kier alpha value is -3.52. The topological polar surface area (TPSA) is 30.0 Å². The molecule has 1 heterocycles. The fourth-order valence-electron chi connectivity index (χ4n) is 3.05. The minimum Gasteiger partial charge on any atom is -0.289 e. The molecule has 1 radical (unpaired) electrons. The quantitative estimate of drug-likeness (QED) is 0.465. The van der Waals surface area contributed by atoms with Crippen molar-refractivity contribution in [3.8, 4) is 22.3 Å². The summed E-state index contributed by atoms with van der Waals surface area (Å²) in [7, 11) is 0. The molecule has 2 heteroatoms. The first-order valence-electron chi connectivity index (χ1n) is 8.46. The average molecular weight is 334 g/mol. The predicted molar refractivity (Wildman–Crippen MR) is 104 cm³/mol. The number of pyridine rings is 1. The van der Waals surface area contributed by atoms with E-state index in [9.17, 15) is 4.79 Å². The molecular formula is C24H16NO. The normalized spacial score (nSPS) is 10.5. The maximum absolute atomic E-state index is 13.2. The van der Waals surface area contributed by atoms with E-state index in [4.69, 9.17) is 0 Å². The molecule has 0 saturated heterocycles.